The average Bonchev–Trinajstić information content (AvgIpc) is 3.39. The molecular formula is C22H21N3O2S2. The lowest BCUT2D eigenvalue weighted by molar-refractivity contribution is -0.122. The monoisotopic (exact) mass is 423 g/mol. The van der Waals surface area contributed by atoms with Gasteiger partial charge in [0.25, 0.3) is 5.56 Å². The van der Waals surface area contributed by atoms with Crippen LogP contribution in [0.5, 0.6) is 0 Å². The second-order valence-corrected chi connectivity index (χ2v) is 8.78. The van der Waals surface area contributed by atoms with Crippen LogP contribution in [-0.4, -0.2) is 21.5 Å². The van der Waals surface area contributed by atoms with Crippen molar-refractivity contribution in [3.05, 3.63) is 75.5 Å². The molecule has 3 heterocycles. The van der Waals surface area contributed by atoms with E-state index in [2.05, 4.69) is 22.4 Å². The molecule has 0 bridgehead atoms. The molecule has 148 valence electrons. The molecular weight excluding hydrogens is 402 g/mol. The van der Waals surface area contributed by atoms with Crippen molar-refractivity contribution in [3.63, 3.8) is 0 Å². The summed E-state index contributed by atoms with van der Waals surface area (Å²) in [6.45, 7) is 1.95. The fraction of sp³-hybridized carbons (Fsp3) is 0.227. The Bertz CT molecular complexity index is 1160. The van der Waals surface area contributed by atoms with E-state index in [1.54, 1.807) is 11.3 Å². The summed E-state index contributed by atoms with van der Waals surface area (Å²) in [6, 6.07) is 14.2. The number of carbonyl (C=O) groups is 1. The third-order valence-electron chi connectivity index (χ3n) is 4.78. The third kappa shape index (κ3) is 4.46. The highest BCUT2D eigenvalue weighted by atomic mass is 32.1. The number of carbonyl (C=O) groups excluding carboxylic acids is 1. The van der Waals surface area contributed by atoms with Gasteiger partial charge in [-0.15, -0.1) is 22.7 Å². The number of amides is 1. The Morgan fingerprint density at radius 1 is 1.17 bits per heavy atom. The summed E-state index contributed by atoms with van der Waals surface area (Å²) in [5.74, 6) is -0.179. The SMILES string of the molecule is CC(CCc1ccccc1)NC(=O)Cn1cnc2scc(-c3cccs3)c2c1=O. The van der Waals surface area contributed by atoms with Crippen molar-refractivity contribution < 1.29 is 4.79 Å². The molecule has 7 heteroatoms. The van der Waals surface area contributed by atoms with Crippen molar-refractivity contribution in [2.75, 3.05) is 0 Å². The first-order chi connectivity index (χ1) is 14.1. The van der Waals surface area contributed by atoms with Crippen molar-refractivity contribution >= 4 is 38.8 Å². The number of fused-ring (bicyclic) bond motifs is 1. The van der Waals surface area contributed by atoms with Gasteiger partial charge < -0.3 is 5.32 Å². The van der Waals surface area contributed by atoms with Gasteiger partial charge in [-0.2, -0.15) is 0 Å². The summed E-state index contributed by atoms with van der Waals surface area (Å²) < 4.78 is 1.39. The summed E-state index contributed by atoms with van der Waals surface area (Å²) in [5, 5.41) is 7.52. The lowest BCUT2D eigenvalue weighted by Gasteiger charge is -2.14. The summed E-state index contributed by atoms with van der Waals surface area (Å²) in [5.41, 5.74) is 1.97. The molecule has 0 radical (unpaired) electrons. The van der Waals surface area contributed by atoms with Crippen LogP contribution in [0, 0.1) is 0 Å². The molecule has 3 aromatic heterocycles. The van der Waals surface area contributed by atoms with Crippen LogP contribution in [0.15, 0.2) is 64.3 Å². The second-order valence-electron chi connectivity index (χ2n) is 6.98. The molecule has 1 aromatic carbocycles. The number of aromatic nitrogens is 2. The predicted octanol–water partition coefficient (Wildman–Crippen LogP) is 4.32. The molecule has 5 nitrogen and oxygen atoms in total. The largest absolute Gasteiger partial charge is 0.352 e. The zero-order chi connectivity index (χ0) is 20.2. The smallest absolute Gasteiger partial charge is 0.263 e. The van der Waals surface area contributed by atoms with Crippen molar-refractivity contribution in [2.24, 2.45) is 0 Å². The number of benzene rings is 1. The third-order valence-corrected chi connectivity index (χ3v) is 6.57. The summed E-state index contributed by atoms with van der Waals surface area (Å²) in [4.78, 5) is 31.6. The number of nitrogens with zero attached hydrogens (tertiary/aromatic N) is 2. The zero-order valence-corrected chi connectivity index (χ0v) is 17.6. The molecule has 29 heavy (non-hydrogen) atoms. The fourth-order valence-electron chi connectivity index (χ4n) is 3.27. The first-order valence-corrected chi connectivity index (χ1v) is 11.2. The highest BCUT2D eigenvalue weighted by molar-refractivity contribution is 7.18. The highest BCUT2D eigenvalue weighted by Crippen LogP contribution is 2.33. The van der Waals surface area contributed by atoms with Crippen LogP contribution < -0.4 is 10.9 Å². The van der Waals surface area contributed by atoms with Crippen molar-refractivity contribution in [2.45, 2.75) is 32.4 Å². The van der Waals surface area contributed by atoms with Gasteiger partial charge >= 0.3 is 0 Å². The Labute approximate surface area is 176 Å². The Kier molecular flexibility index (Phi) is 5.87. The fourth-order valence-corrected chi connectivity index (χ4v) is 4.99. The van der Waals surface area contributed by atoms with E-state index in [9.17, 15) is 9.59 Å². The maximum atomic E-state index is 13.0. The van der Waals surface area contributed by atoms with Crippen LogP contribution in [0.3, 0.4) is 0 Å². The predicted molar refractivity (Wildman–Crippen MR) is 120 cm³/mol. The molecule has 1 atom stereocenters. The number of hydrogen-bond donors (Lipinski definition) is 1. The minimum absolute atomic E-state index is 0.0259. The second kappa shape index (κ2) is 8.71. The van der Waals surface area contributed by atoms with Gasteiger partial charge in [-0.1, -0.05) is 36.4 Å². The van der Waals surface area contributed by atoms with E-state index in [1.807, 2.05) is 48.0 Å². The highest BCUT2D eigenvalue weighted by Gasteiger charge is 2.16. The van der Waals surface area contributed by atoms with E-state index in [-0.39, 0.29) is 24.1 Å². The standard InChI is InChI=1S/C22H21N3O2S2/c1-15(9-10-16-6-3-2-4-7-16)24-19(26)12-25-14-23-21-20(22(25)27)17(13-29-21)18-8-5-11-28-18/h2-8,11,13-15H,9-10,12H2,1H3,(H,24,26). The first-order valence-electron chi connectivity index (χ1n) is 9.45. The molecule has 0 aliphatic rings. The normalized spacial score (nSPS) is 12.2. The van der Waals surface area contributed by atoms with Crippen LogP contribution in [0.25, 0.3) is 20.7 Å². The van der Waals surface area contributed by atoms with Crippen molar-refractivity contribution in [1.29, 1.82) is 0 Å². The Morgan fingerprint density at radius 3 is 2.76 bits per heavy atom. The number of aryl methyl sites for hydroxylation is 1. The molecule has 0 saturated heterocycles. The van der Waals surface area contributed by atoms with E-state index in [0.29, 0.717) is 10.2 Å². The molecule has 1 N–H and O–H groups in total. The first kappa shape index (κ1) is 19.5. The lowest BCUT2D eigenvalue weighted by Crippen LogP contribution is -2.37. The average molecular weight is 424 g/mol. The molecule has 1 unspecified atom stereocenters. The Morgan fingerprint density at radius 2 is 2.00 bits per heavy atom. The molecule has 0 spiro atoms. The van der Waals surface area contributed by atoms with Crippen molar-refractivity contribution in [3.8, 4) is 10.4 Å². The van der Waals surface area contributed by atoms with E-state index < -0.39 is 0 Å². The van der Waals surface area contributed by atoms with Gasteiger partial charge in [0.15, 0.2) is 0 Å². The molecule has 0 fully saturated rings. The topological polar surface area (TPSA) is 64.0 Å². The number of nitrogens with one attached hydrogen (secondary N) is 1. The van der Waals surface area contributed by atoms with Crippen LogP contribution in [0.4, 0.5) is 0 Å². The summed E-state index contributed by atoms with van der Waals surface area (Å²) in [7, 11) is 0. The number of rotatable bonds is 7. The van der Waals surface area contributed by atoms with Gasteiger partial charge in [-0.25, -0.2) is 4.98 Å². The van der Waals surface area contributed by atoms with Crippen LogP contribution in [-0.2, 0) is 17.8 Å². The Balaban J connectivity index is 1.45. The maximum Gasteiger partial charge on any atom is 0.263 e. The maximum absolute atomic E-state index is 13.0. The summed E-state index contributed by atoms with van der Waals surface area (Å²) in [6.07, 6.45) is 3.21. The van der Waals surface area contributed by atoms with Gasteiger partial charge in [0.2, 0.25) is 5.91 Å². The molecule has 0 aliphatic carbocycles. The van der Waals surface area contributed by atoms with Crippen LogP contribution in [0.2, 0.25) is 0 Å². The van der Waals surface area contributed by atoms with E-state index >= 15 is 0 Å². The molecule has 4 rings (SSSR count). The lowest BCUT2D eigenvalue weighted by atomic mass is 10.1. The molecule has 0 saturated carbocycles. The van der Waals surface area contributed by atoms with E-state index in [0.717, 1.165) is 23.3 Å². The van der Waals surface area contributed by atoms with Crippen LogP contribution >= 0.6 is 22.7 Å². The quantitative estimate of drug-likeness (QED) is 0.481. The minimum Gasteiger partial charge on any atom is -0.352 e. The number of thiophene rings is 2. The zero-order valence-electron chi connectivity index (χ0n) is 16.0. The number of hydrogen-bond acceptors (Lipinski definition) is 5. The van der Waals surface area contributed by atoms with Gasteiger partial charge in [0.1, 0.15) is 11.4 Å². The molecule has 1 amide bonds. The van der Waals surface area contributed by atoms with Gasteiger partial charge in [0, 0.05) is 21.9 Å². The Hall–Kier alpha value is -2.77. The minimum atomic E-state index is -0.179. The van der Waals surface area contributed by atoms with Gasteiger partial charge in [0.05, 0.1) is 11.7 Å². The van der Waals surface area contributed by atoms with Gasteiger partial charge in [-0.05, 0) is 36.8 Å². The summed E-state index contributed by atoms with van der Waals surface area (Å²) >= 11 is 3.04. The molecule has 0 aliphatic heterocycles. The van der Waals surface area contributed by atoms with Gasteiger partial charge in [-0.3, -0.25) is 14.2 Å². The van der Waals surface area contributed by atoms with E-state index in [4.69, 9.17) is 0 Å². The molecule has 4 aromatic rings. The van der Waals surface area contributed by atoms with Crippen molar-refractivity contribution in [1.82, 2.24) is 14.9 Å². The van der Waals surface area contributed by atoms with Crippen LogP contribution in [0.1, 0.15) is 18.9 Å². The van der Waals surface area contributed by atoms with E-state index in [1.165, 1.54) is 27.8 Å².